The highest BCUT2D eigenvalue weighted by molar-refractivity contribution is 4.92. The fourth-order valence-electron chi connectivity index (χ4n) is 2.93. The smallest absolute Gasteiger partial charge is 0.0698 e. The predicted octanol–water partition coefficient (Wildman–Crippen LogP) is 1.23. The number of ether oxygens (including phenoxy) is 1. The largest absolute Gasteiger partial charge is 0.380 e. The summed E-state index contributed by atoms with van der Waals surface area (Å²) >= 11 is 0. The Morgan fingerprint density at radius 3 is 2.73 bits per heavy atom. The lowest BCUT2D eigenvalue weighted by Gasteiger charge is -2.46. The van der Waals surface area contributed by atoms with Crippen LogP contribution < -0.4 is 5.73 Å². The maximum atomic E-state index is 5.90. The van der Waals surface area contributed by atoms with E-state index in [0.29, 0.717) is 11.5 Å². The van der Waals surface area contributed by atoms with Gasteiger partial charge in [-0.1, -0.05) is 6.42 Å². The van der Waals surface area contributed by atoms with Crippen LogP contribution in [-0.2, 0) is 4.74 Å². The van der Waals surface area contributed by atoms with Crippen molar-refractivity contribution < 1.29 is 4.74 Å². The van der Waals surface area contributed by atoms with Gasteiger partial charge in [0.2, 0.25) is 0 Å². The van der Waals surface area contributed by atoms with Gasteiger partial charge >= 0.3 is 0 Å². The molecule has 15 heavy (non-hydrogen) atoms. The highest BCUT2D eigenvalue weighted by atomic mass is 16.5. The maximum absolute atomic E-state index is 5.90. The van der Waals surface area contributed by atoms with Gasteiger partial charge in [0.25, 0.3) is 0 Å². The van der Waals surface area contributed by atoms with Crippen molar-refractivity contribution >= 4 is 0 Å². The van der Waals surface area contributed by atoms with Gasteiger partial charge in [-0.3, -0.25) is 0 Å². The number of hydrogen-bond acceptors (Lipinski definition) is 3. The third-order valence-corrected chi connectivity index (χ3v) is 4.20. The summed E-state index contributed by atoms with van der Waals surface area (Å²) in [6, 6.07) is 0. The first-order valence-electron chi connectivity index (χ1n) is 6.23. The van der Waals surface area contributed by atoms with Crippen LogP contribution in [-0.4, -0.2) is 44.3 Å². The van der Waals surface area contributed by atoms with E-state index >= 15 is 0 Å². The lowest BCUT2D eigenvalue weighted by Crippen LogP contribution is -2.50. The number of piperidine rings is 1. The second-order valence-electron chi connectivity index (χ2n) is 5.29. The van der Waals surface area contributed by atoms with Crippen LogP contribution in [0.3, 0.4) is 0 Å². The van der Waals surface area contributed by atoms with Crippen molar-refractivity contribution in [1.29, 1.82) is 0 Å². The van der Waals surface area contributed by atoms with Gasteiger partial charge in [-0.25, -0.2) is 0 Å². The summed E-state index contributed by atoms with van der Waals surface area (Å²) in [4.78, 5) is 2.56. The second-order valence-corrected chi connectivity index (χ2v) is 5.29. The molecular weight excluding hydrogens is 188 g/mol. The summed E-state index contributed by atoms with van der Waals surface area (Å²) in [7, 11) is 1.83. The van der Waals surface area contributed by atoms with E-state index in [1.54, 1.807) is 0 Å². The molecule has 1 atom stereocenters. The monoisotopic (exact) mass is 212 g/mol. The molecule has 0 aromatic heterocycles. The first-order valence-corrected chi connectivity index (χ1v) is 6.23. The minimum Gasteiger partial charge on any atom is -0.380 e. The van der Waals surface area contributed by atoms with Gasteiger partial charge < -0.3 is 15.4 Å². The fraction of sp³-hybridized carbons (Fsp3) is 1.00. The third-order valence-electron chi connectivity index (χ3n) is 4.20. The van der Waals surface area contributed by atoms with E-state index < -0.39 is 0 Å². The highest BCUT2D eigenvalue weighted by Gasteiger charge is 2.37. The number of hydrogen-bond donors (Lipinski definition) is 1. The first kappa shape index (κ1) is 11.4. The molecule has 3 nitrogen and oxygen atoms in total. The van der Waals surface area contributed by atoms with Crippen LogP contribution in [0.2, 0.25) is 0 Å². The molecule has 1 aliphatic carbocycles. The molecule has 2 fully saturated rings. The molecule has 0 aromatic rings. The third kappa shape index (κ3) is 2.52. The van der Waals surface area contributed by atoms with Gasteiger partial charge in [-0.15, -0.1) is 0 Å². The molecule has 0 amide bonds. The predicted molar refractivity (Wildman–Crippen MR) is 61.8 cm³/mol. The van der Waals surface area contributed by atoms with Crippen molar-refractivity contribution in [3.05, 3.63) is 0 Å². The Kier molecular flexibility index (Phi) is 3.65. The average molecular weight is 212 g/mol. The van der Waals surface area contributed by atoms with E-state index in [4.69, 9.17) is 10.5 Å². The normalized spacial score (nSPS) is 31.2. The fourth-order valence-corrected chi connectivity index (χ4v) is 2.93. The van der Waals surface area contributed by atoms with Crippen LogP contribution >= 0.6 is 0 Å². The van der Waals surface area contributed by atoms with Crippen LogP contribution in [0.4, 0.5) is 0 Å². The van der Waals surface area contributed by atoms with E-state index in [1.165, 1.54) is 45.2 Å². The van der Waals surface area contributed by atoms with Gasteiger partial charge in [0.15, 0.2) is 0 Å². The molecule has 0 aromatic carbocycles. The van der Waals surface area contributed by atoms with E-state index in [9.17, 15) is 0 Å². The van der Waals surface area contributed by atoms with Crippen molar-refractivity contribution in [3.8, 4) is 0 Å². The minimum absolute atomic E-state index is 0.452. The molecule has 1 heterocycles. The van der Waals surface area contributed by atoms with E-state index in [1.807, 2.05) is 7.11 Å². The Hall–Kier alpha value is -0.120. The number of nitrogens with zero attached hydrogens (tertiary/aromatic N) is 1. The van der Waals surface area contributed by atoms with Gasteiger partial charge in [0.05, 0.1) is 6.10 Å². The molecule has 1 saturated heterocycles. The van der Waals surface area contributed by atoms with Crippen LogP contribution in [0.25, 0.3) is 0 Å². The maximum Gasteiger partial charge on any atom is 0.0698 e. The van der Waals surface area contributed by atoms with Crippen molar-refractivity contribution in [3.63, 3.8) is 0 Å². The van der Waals surface area contributed by atoms with Crippen LogP contribution in [0, 0.1) is 5.41 Å². The summed E-state index contributed by atoms with van der Waals surface area (Å²) in [5.74, 6) is 0. The van der Waals surface area contributed by atoms with Crippen LogP contribution in [0.5, 0.6) is 0 Å². The molecule has 3 heteroatoms. The van der Waals surface area contributed by atoms with E-state index in [0.717, 1.165) is 13.1 Å². The van der Waals surface area contributed by atoms with Crippen LogP contribution in [0.15, 0.2) is 0 Å². The van der Waals surface area contributed by atoms with Crippen molar-refractivity contribution in [2.75, 3.05) is 33.3 Å². The standard InChI is InChI=1S/C12H24N2O/c1-15-11-4-2-7-14(8-11)10-12(9-13)5-3-6-12/h11H,2-10,13H2,1H3. The van der Waals surface area contributed by atoms with Crippen LogP contribution in [0.1, 0.15) is 32.1 Å². The van der Waals surface area contributed by atoms with Gasteiger partial charge in [-0.05, 0) is 44.2 Å². The summed E-state index contributed by atoms with van der Waals surface area (Å²) in [5, 5.41) is 0. The zero-order valence-electron chi connectivity index (χ0n) is 9.87. The van der Waals surface area contributed by atoms with Crippen molar-refractivity contribution in [1.82, 2.24) is 4.90 Å². The lowest BCUT2D eigenvalue weighted by atomic mass is 9.68. The number of likely N-dealkylation sites (tertiary alicyclic amines) is 1. The number of rotatable bonds is 4. The quantitative estimate of drug-likeness (QED) is 0.761. The lowest BCUT2D eigenvalue weighted by molar-refractivity contribution is -0.00148. The second kappa shape index (κ2) is 4.81. The SMILES string of the molecule is COC1CCCN(CC2(CN)CCC2)C1. The molecule has 1 saturated carbocycles. The minimum atomic E-state index is 0.452. The van der Waals surface area contributed by atoms with Crippen molar-refractivity contribution in [2.45, 2.75) is 38.2 Å². The molecule has 0 bridgehead atoms. The van der Waals surface area contributed by atoms with Gasteiger partial charge in [-0.2, -0.15) is 0 Å². The van der Waals surface area contributed by atoms with E-state index in [-0.39, 0.29) is 0 Å². The number of nitrogens with two attached hydrogens (primary N) is 1. The number of methoxy groups -OCH3 is 1. The molecule has 2 aliphatic rings. The first-order chi connectivity index (χ1) is 7.28. The Balaban J connectivity index is 1.82. The molecular formula is C12H24N2O. The van der Waals surface area contributed by atoms with Gasteiger partial charge in [0, 0.05) is 20.2 Å². The zero-order chi connectivity index (χ0) is 10.7. The topological polar surface area (TPSA) is 38.5 Å². The summed E-state index contributed by atoms with van der Waals surface area (Å²) in [6.07, 6.45) is 6.99. The van der Waals surface area contributed by atoms with E-state index in [2.05, 4.69) is 4.90 Å². The van der Waals surface area contributed by atoms with Crippen molar-refractivity contribution in [2.24, 2.45) is 11.1 Å². The molecule has 2 N–H and O–H groups in total. The Labute approximate surface area is 93.0 Å². The average Bonchev–Trinajstić information content (AvgIpc) is 2.24. The zero-order valence-corrected chi connectivity index (χ0v) is 9.87. The molecule has 2 rings (SSSR count). The van der Waals surface area contributed by atoms with Gasteiger partial charge in [0.1, 0.15) is 0 Å². The highest BCUT2D eigenvalue weighted by Crippen LogP contribution is 2.40. The summed E-state index contributed by atoms with van der Waals surface area (Å²) in [5.41, 5.74) is 6.35. The molecule has 1 aliphatic heterocycles. The summed E-state index contributed by atoms with van der Waals surface area (Å²) < 4.78 is 5.45. The summed E-state index contributed by atoms with van der Waals surface area (Å²) in [6.45, 7) is 4.41. The Bertz CT molecular complexity index is 198. The molecule has 88 valence electrons. The molecule has 0 spiro atoms. The molecule has 1 unspecified atom stereocenters. The Morgan fingerprint density at radius 2 is 2.20 bits per heavy atom. The molecule has 0 radical (unpaired) electrons. The Morgan fingerprint density at radius 1 is 1.40 bits per heavy atom.